The third kappa shape index (κ3) is 3.92. The van der Waals surface area contributed by atoms with E-state index in [2.05, 4.69) is 35.3 Å². The van der Waals surface area contributed by atoms with Crippen LogP contribution in [0.1, 0.15) is 12.8 Å². The monoisotopic (exact) mass is 474 g/mol. The van der Waals surface area contributed by atoms with E-state index in [1.54, 1.807) is 23.0 Å². The minimum Gasteiger partial charge on any atom is -0.469 e. The highest BCUT2D eigenvalue weighted by Crippen LogP contribution is 2.36. The van der Waals surface area contributed by atoms with Crippen LogP contribution >= 0.6 is 11.3 Å². The van der Waals surface area contributed by atoms with Crippen LogP contribution in [0.3, 0.4) is 0 Å². The van der Waals surface area contributed by atoms with E-state index in [1.165, 1.54) is 18.4 Å². The molecule has 0 amide bonds. The van der Waals surface area contributed by atoms with Crippen LogP contribution in [0.25, 0.3) is 32.3 Å². The molecule has 0 radical (unpaired) electrons. The molecular weight excluding hydrogens is 452 g/mol. The molecule has 4 aromatic heterocycles. The molecule has 0 aliphatic carbocycles. The second-order valence-electron chi connectivity index (χ2n) is 7.92. The number of nitrogens with one attached hydrogen (secondary N) is 1. The fourth-order valence-electron chi connectivity index (χ4n) is 4.14. The minimum absolute atomic E-state index is 0.0473. The molecule has 0 saturated carbocycles. The van der Waals surface area contributed by atoms with E-state index in [1.807, 2.05) is 25.2 Å². The topological polar surface area (TPSA) is 102 Å². The van der Waals surface area contributed by atoms with E-state index in [9.17, 15) is 4.79 Å². The summed E-state index contributed by atoms with van der Waals surface area (Å²) in [5, 5.41) is 18.0. The van der Waals surface area contributed by atoms with Gasteiger partial charge >= 0.3 is 5.97 Å². The normalized spacial score (nSPS) is 14.2. The van der Waals surface area contributed by atoms with Crippen LogP contribution in [0.5, 0.6) is 0 Å². The van der Waals surface area contributed by atoms with Crippen molar-refractivity contribution in [2.75, 3.05) is 37.5 Å². The summed E-state index contributed by atoms with van der Waals surface area (Å²) in [5.74, 6) is -0.186. The quantitative estimate of drug-likeness (QED) is 0.343. The predicted molar refractivity (Wildman–Crippen MR) is 130 cm³/mol. The second kappa shape index (κ2) is 9.07. The molecule has 172 valence electrons. The van der Waals surface area contributed by atoms with Gasteiger partial charge in [0.2, 0.25) is 10.8 Å². The molecule has 0 unspecified atom stereocenters. The van der Waals surface area contributed by atoms with Gasteiger partial charge < -0.3 is 15.0 Å². The summed E-state index contributed by atoms with van der Waals surface area (Å²) < 4.78 is 6.65. The van der Waals surface area contributed by atoms with Gasteiger partial charge in [-0.25, -0.2) is 9.36 Å². The molecule has 1 aliphatic rings. The van der Waals surface area contributed by atoms with Crippen LogP contribution in [0.4, 0.5) is 16.5 Å². The van der Waals surface area contributed by atoms with Crippen molar-refractivity contribution in [2.45, 2.75) is 12.8 Å². The number of esters is 1. The molecule has 1 aliphatic heterocycles. The van der Waals surface area contributed by atoms with Crippen LogP contribution in [-0.2, 0) is 9.53 Å². The standard InChI is InChI=1S/C23H22N8O2S/c1-24-15-10-16-4-5-20(31(16)27-12-15)19-11-18(25-2)17(13-26-19)21-28-29-23(34-21)30-8-6-14(7-9-30)22(32)33-3/h4-5,10-14H,6-9H2,2-3H3,(H,25,26). The maximum Gasteiger partial charge on any atom is 0.308 e. The summed E-state index contributed by atoms with van der Waals surface area (Å²) in [7, 11) is 3.30. The molecule has 4 aromatic rings. The minimum atomic E-state index is -0.139. The van der Waals surface area contributed by atoms with Crippen molar-refractivity contribution in [1.82, 2.24) is 24.8 Å². The molecule has 10 nitrogen and oxygen atoms in total. The molecule has 1 fully saturated rings. The van der Waals surface area contributed by atoms with Gasteiger partial charge in [-0.1, -0.05) is 11.3 Å². The van der Waals surface area contributed by atoms with Crippen molar-refractivity contribution >= 4 is 39.3 Å². The van der Waals surface area contributed by atoms with Gasteiger partial charge in [-0.3, -0.25) is 9.78 Å². The molecule has 0 bridgehead atoms. The summed E-state index contributed by atoms with van der Waals surface area (Å²) in [6.07, 6.45) is 4.84. The van der Waals surface area contributed by atoms with E-state index in [4.69, 9.17) is 11.3 Å². The smallest absolute Gasteiger partial charge is 0.308 e. The van der Waals surface area contributed by atoms with Crippen LogP contribution in [-0.4, -0.2) is 58.0 Å². The number of carbonyl (C=O) groups is 1. The Kier molecular flexibility index (Phi) is 5.81. The van der Waals surface area contributed by atoms with Crippen LogP contribution in [0.15, 0.2) is 36.7 Å². The molecule has 5 rings (SSSR count). The summed E-state index contributed by atoms with van der Waals surface area (Å²) in [6, 6.07) is 7.63. The number of carbonyl (C=O) groups excluding carboxylic acids is 1. The Morgan fingerprint density at radius 1 is 1.24 bits per heavy atom. The zero-order chi connectivity index (χ0) is 23.7. The Bertz CT molecular complexity index is 1400. The molecule has 0 spiro atoms. The van der Waals surface area contributed by atoms with Crippen molar-refractivity contribution in [2.24, 2.45) is 5.92 Å². The Morgan fingerprint density at radius 2 is 2.06 bits per heavy atom. The fraction of sp³-hybridized carbons (Fsp3) is 0.304. The number of anilines is 2. The molecule has 34 heavy (non-hydrogen) atoms. The van der Waals surface area contributed by atoms with Gasteiger partial charge in [0.15, 0.2) is 5.01 Å². The first-order valence-corrected chi connectivity index (χ1v) is 11.6. The molecular formula is C23H22N8O2S. The number of hydrogen-bond donors (Lipinski definition) is 1. The van der Waals surface area contributed by atoms with Crippen molar-refractivity contribution in [3.8, 4) is 22.0 Å². The highest BCUT2D eigenvalue weighted by Gasteiger charge is 2.27. The van der Waals surface area contributed by atoms with Gasteiger partial charge in [0, 0.05) is 32.0 Å². The van der Waals surface area contributed by atoms with E-state index in [0.717, 1.165) is 64.2 Å². The lowest BCUT2D eigenvalue weighted by Crippen LogP contribution is -2.36. The lowest BCUT2D eigenvalue weighted by atomic mass is 9.97. The lowest BCUT2D eigenvalue weighted by Gasteiger charge is -2.29. The zero-order valence-corrected chi connectivity index (χ0v) is 19.5. The number of piperidine rings is 1. The number of ether oxygens (including phenoxy) is 1. The summed E-state index contributed by atoms with van der Waals surface area (Å²) in [4.78, 5) is 22.1. The SMILES string of the molecule is [C-]#[N+]c1cnn2c(-c3cc(NC)c(-c4nnc(N5CCC(C(=O)OC)CC5)s4)cn3)ccc2c1. The number of fused-ring (bicyclic) bond motifs is 1. The van der Waals surface area contributed by atoms with Crippen molar-refractivity contribution < 1.29 is 9.53 Å². The van der Waals surface area contributed by atoms with Gasteiger partial charge in [-0.05, 0) is 37.1 Å². The average molecular weight is 475 g/mol. The second-order valence-corrected chi connectivity index (χ2v) is 8.88. The largest absolute Gasteiger partial charge is 0.469 e. The number of hydrogen-bond acceptors (Lipinski definition) is 9. The van der Waals surface area contributed by atoms with Crippen molar-refractivity contribution in [3.05, 3.63) is 48.1 Å². The first-order chi connectivity index (χ1) is 16.6. The number of nitrogens with zero attached hydrogens (tertiary/aromatic N) is 7. The molecule has 1 saturated heterocycles. The number of aromatic nitrogens is 5. The summed E-state index contributed by atoms with van der Waals surface area (Å²) >= 11 is 1.51. The van der Waals surface area contributed by atoms with Gasteiger partial charge in [0.05, 0.1) is 48.3 Å². The molecule has 1 N–H and O–H groups in total. The highest BCUT2D eigenvalue weighted by molar-refractivity contribution is 7.18. The Morgan fingerprint density at radius 3 is 2.79 bits per heavy atom. The maximum absolute atomic E-state index is 11.8. The van der Waals surface area contributed by atoms with Crippen molar-refractivity contribution in [3.63, 3.8) is 0 Å². The van der Waals surface area contributed by atoms with E-state index in [-0.39, 0.29) is 11.9 Å². The third-order valence-electron chi connectivity index (χ3n) is 6.00. The Labute approximate surface area is 200 Å². The third-order valence-corrected chi connectivity index (χ3v) is 7.01. The highest BCUT2D eigenvalue weighted by atomic mass is 32.1. The molecule has 11 heteroatoms. The van der Waals surface area contributed by atoms with Crippen molar-refractivity contribution in [1.29, 1.82) is 0 Å². The zero-order valence-electron chi connectivity index (χ0n) is 18.7. The first kappa shape index (κ1) is 21.8. The first-order valence-electron chi connectivity index (χ1n) is 10.8. The van der Waals surface area contributed by atoms with Crippen LogP contribution < -0.4 is 10.2 Å². The molecule has 0 atom stereocenters. The fourth-order valence-corrected chi connectivity index (χ4v) is 5.06. The number of rotatable bonds is 5. The summed E-state index contributed by atoms with van der Waals surface area (Å²) in [6.45, 7) is 8.66. The van der Waals surface area contributed by atoms with Gasteiger partial charge in [-0.15, -0.1) is 10.2 Å². The summed E-state index contributed by atoms with van der Waals surface area (Å²) in [5.41, 5.74) is 4.67. The van der Waals surface area contributed by atoms with Crippen LogP contribution in [0.2, 0.25) is 0 Å². The lowest BCUT2D eigenvalue weighted by molar-refractivity contribution is -0.146. The van der Waals surface area contributed by atoms with E-state index >= 15 is 0 Å². The molecule has 5 heterocycles. The number of methoxy groups -OCH3 is 1. The van der Waals surface area contributed by atoms with Crippen LogP contribution in [0, 0.1) is 12.5 Å². The maximum atomic E-state index is 11.8. The van der Waals surface area contributed by atoms with Gasteiger partial charge in [0.25, 0.3) is 0 Å². The average Bonchev–Trinajstić information content (AvgIpc) is 3.55. The Balaban J connectivity index is 1.39. The molecule has 0 aromatic carbocycles. The number of pyridine rings is 1. The Hall–Kier alpha value is -4.04. The van der Waals surface area contributed by atoms with E-state index in [0.29, 0.717) is 5.69 Å². The van der Waals surface area contributed by atoms with Gasteiger partial charge in [-0.2, -0.15) is 5.10 Å². The van der Waals surface area contributed by atoms with Gasteiger partial charge in [0.1, 0.15) is 0 Å². The van der Waals surface area contributed by atoms with E-state index < -0.39 is 0 Å². The predicted octanol–water partition coefficient (Wildman–Crippen LogP) is 3.90.